The molecule has 5 nitrogen and oxygen atoms in total. The Labute approximate surface area is 175 Å². The topological polar surface area (TPSA) is 51.7 Å². The highest BCUT2D eigenvalue weighted by atomic mass is 16.5. The van der Waals surface area contributed by atoms with Crippen molar-refractivity contribution in [1.82, 2.24) is 4.98 Å². The van der Waals surface area contributed by atoms with E-state index < -0.39 is 5.97 Å². The third-order valence-electron chi connectivity index (χ3n) is 4.94. The van der Waals surface area contributed by atoms with Crippen molar-refractivity contribution in [2.75, 3.05) is 26.1 Å². The van der Waals surface area contributed by atoms with Gasteiger partial charge in [0, 0.05) is 42.3 Å². The lowest BCUT2D eigenvalue weighted by Crippen LogP contribution is -2.09. The summed E-state index contributed by atoms with van der Waals surface area (Å²) in [5.41, 5.74) is 3.43. The van der Waals surface area contributed by atoms with E-state index in [-0.39, 0.29) is 0 Å². The third-order valence-corrected chi connectivity index (χ3v) is 4.94. The molecular weight excluding hydrogens is 376 g/mol. The van der Waals surface area contributed by atoms with Gasteiger partial charge in [-0.1, -0.05) is 36.4 Å². The van der Waals surface area contributed by atoms with Crippen LogP contribution in [-0.2, 0) is 0 Å². The fourth-order valence-corrected chi connectivity index (χ4v) is 3.38. The average Bonchev–Trinajstić information content (AvgIpc) is 2.79. The molecule has 150 valence electrons. The zero-order chi connectivity index (χ0) is 21.1. The van der Waals surface area contributed by atoms with Gasteiger partial charge >= 0.3 is 5.97 Å². The smallest absolute Gasteiger partial charge is 0.343 e. The highest BCUT2D eigenvalue weighted by Gasteiger charge is 2.17. The number of hydrogen-bond donors (Lipinski definition) is 0. The lowest BCUT2D eigenvalue weighted by atomic mass is 9.99. The van der Waals surface area contributed by atoms with Crippen LogP contribution >= 0.6 is 0 Å². The second kappa shape index (κ2) is 8.25. The van der Waals surface area contributed by atoms with Crippen LogP contribution in [0.1, 0.15) is 10.4 Å². The Bertz CT molecular complexity index is 1190. The quantitative estimate of drug-likeness (QED) is 0.342. The van der Waals surface area contributed by atoms with Gasteiger partial charge in [0.15, 0.2) is 0 Å². The van der Waals surface area contributed by atoms with Gasteiger partial charge in [-0.05, 0) is 42.0 Å². The van der Waals surface area contributed by atoms with E-state index in [9.17, 15) is 4.79 Å². The Balaban J connectivity index is 1.85. The van der Waals surface area contributed by atoms with E-state index in [1.807, 2.05) is 73.6 Å². The number of pyridine rings is 1. The number of anilines is 1. The lowest BCUT2D eigenvalue weighted by molar-refractivity contribution is 0.0737. The van der Waals surface area contributed by atoms with Gasteiger partial charge in [0.2, 0.25) is 5.88 Å². The highest BCUT2D eigenvalue weighted by Crippen LogP contribution is 2.39. The molecule has 1 aromatic heterocycles. The van der Waals surface area contributed by atoms with Crippen molar-refractivity contribution in [3.63, 3.8) is 0 Å². The second-order valence-electron chi connectivity index (χ2n) is 7.06. The predicted molar refractivity (Wildman–Crippen MR) is 119 cm³/mol. The van der Waals surface area contributed by atoms with E-state index in [4.69, 9.17) is 9.47 Å². The van der Waals surface area contributed by atoms with Crippen LogP contribution in [0.4, 0.5) is 5.69 Å². The molecule has 0 amide bonds. The summed E-state index contributed by atoms with van der Waals surface area (Å²) < 4.78 is 11.3. The van der Waals surface area contributed by atoms with E-state index in [1.165, 1.54) is 0 Å². The first-order valence-corrected chi connectivity index (χ1v) is 9.59. The first kappa shape index (κ1) is 19.5. The first-order chi connectivity index (χ1) is 14.6. The molecule has 0 aliphatic rings. The zero-order valence-electron chi connectivity index (χ0n) is 17.1. The zero-order valence-corrected chi connectivity index (χ0v) is 17.1. The van der Waals surface area contributed by atoms with E-state index in [2.05, 4.69) is 4.98 Å². The number of nitrogens with zero attached hydrogens (tertiary/aromatic N) is 2. The molecule has 0 aliphatic carbocycles. The molecule has 0 saturated heterocycles. The normalized spacial score (nSPS) is 10.6. The second-order valence-corrected chi connectivity index (χ2v) is 7.06. The van der Waals surface area contributed by atoms with Crippen LogP contribution in [-0.4, -0.2) is 32.2 Å². The summed E-state index contributed by atoms with van der Waals surface area (Å²) >= 11 is 0. The monoisotopic (exact) mass is 398 g/mol. The van der Waals surface area contributed by atoms with Gasteiger partial charge in [-0.15, -0.1) is 0 Å². The molecule has 0 unspecified atom stereocenters. The molecule has 5 heteroatoms. The number of aromatic nitrogens is 1. The molecule has 1 heterocycles. The van der Waals surface area contributed by atoms with Gasteiger partial charge in [0.1, 0.15) is 5.75 Å². The third kappa shape index (κ3) is 3.70. The average molecular weight is 398 g/mol. The number of methoxy groups -OCH3 is 1. The standard InChI is InChI=1S/C25H22N2O3/c1-27(2)19-14-12-17(13-15-19)21-16-26-24(29-3)20-10-7-11-22(23(20)21)30-25(28)18-8-5-4-6-9-18/h4-16H,1-3H3. The summed E-state index contributed by atoms with van der Waals surface area (Å²) in [4.78, 5) is 19.2. The Morgan fingerprint density at radius 1 is 0.900 bits per heavy atom. The molecular formula is C25H22N2O3. The lowest BCUT2D eigenvalue weighted by Gasteiger charge is -2.16. The molecule has 4 rings (SSSR count). The van der Waals surface area contributed by atoms with Crippen LogP contribution in [0.2, 0.25) is 0 Å². The molecule has 0 spiro atoms. The molecule has 30 heavy (non-hydrogen) atoms. The number of carbonyl (C=O) groups excluding carboxylic acids is 1. The summed E-state index contributed by atoms with van der Waals surface area (Å²) in [5, 5.41) is 1.57. The number of hydrogen-bond acceptors (Lipinski definition) is 5. The number of benzene rings is 3. The fourth-order valence-electron chi connectivity index (χ4n) is 3.38. The number of carbonyl (C=O) groups is 1. The fraction of sp³-hybridized carbons (Fsp3) is 0.120. The van der Waals surface area contributed by atoms with Gasteiger partial charge in [-0.3, -0.25) is 0 Å². The van der Waals surface area contributed by atoms with Gasteiger partial charge in [-0.2, -0.15) is 0 Å². The van der Waals surface area contributed by atoms with Crippen LogP contribution in [0.15, 0.2) is 79.0 Å². The van der Waals surface area contributed by atoms with Crippen molar-refractivity contribution in [2.24, 2.45) is 0 Å². The van der Waals surface area contributed by atoms with Gasteiger partial charge < -0.3 is 14.4 Å². The van der Waals surface area contributed by atoms with Crippen molar-refractivity contribution >= 4 is 22.4 Å². The molecule has 4 aromatic rings. The largest absolute Gasteiger partial charge is 0.481 e. The Morgan fingerprint density at radius 3 is 2.30 bits per heavy atom. The van der Waals surface area contributed by atoms with Crippen LogP contribution in [0.5, 0.6) is 11.6 Å². The van der Waals surface area contributed by atoms with E-state index in [0.29, 0.717) is 17.2 Å². The summed E-state index contributed by atoms with van der Waals surface area (Å²) in [6.45, 7) is 0. The molecule has 0 saturated carbocycles. The van der Waals surface area contributed by atoms with Gasteiger partial charge in [0.25, 0.3) is 0 Å². The van der Waals surface area contributed by atoms with Crippen molar-refractivity contribution < 1.29 is 14.3 Å². The van der Waals surface area contributed by atoms with Gasteiger partial charge in [-0.25, -0.2) is 9.78 Å². The molecule has 0 aliphatic heterocycles. The van der Waals surface area contributed by atoms with E-state index in [0.717, 1.165) is 27.6 Å². The molecule has 3 aromatic carbocycles. The molecule has 0 fully saturated rings. The molecule has 0 bridgehead atoms. The molecule has 0 N–H and O–H groups in total. The summed E-state index contributed by atoms with van der Waals surface area (Å²) in [6, 6.07) is 22.6. The number of rotatable bonds is 5. The van der Waals surface area contributed by atoms with Crippen molar-refractivity contribution in [3.8, 4) is 22.8 Å². The molecule has 0 atom stereocenters. The van der Waals surface area contributed by atoms with Crippen LogP contribution < -0.4 is 14.4 Å². The molecule has 0 radical (unpaired) electrons. The first-order valence-electron chi connectivity index (χ1n) is 9.59. The maximum atomic E-state index is 12.7. The minimum absolute atomic E-state index is 0.409. The van der Waals surface area contributed by atoms with Crippen LogP contribution in [0.3, 0.4) is 0 Å². The summed E-state index contributed by atoms with van der Waals surface area (Å²) in [6.07, 6.45) is 1.76. The summed E-state index contributed by atoms with van der Waals surface area (Å²) in [7, 11) is 5.58. The van der Waals surface area contributed by atoms with Crippen molar-refractivity contribution in [1.29, 1.82) is 0 Å². The number of fused-ring (bicyclic) bond motifs is 1. The highest BCUT2D eigenvalue weighted by molar-refractivity contribution is 6.04. The Morgan fingerprint density at radius 2 is 1.63 bits per heavy atom. The maximum Gasteiger partial charge on any atom is 0.343 e. The summed E-state index contributed by atoms with van der Waals surface area (Å²) in [5.74, 6) is 0.540. The SMILES string of the molecule is COc1ncc(-c2ccc(N(C)C)cc2)c2c(OC(=O)c3ccccc3)cccc12. The Hall–Kier alpha value is -3.86. The van der Waals surface area contributed by atoms with E-state index >= 15 is 0 Å². The van der Waals surface area contributed by atoms with Crippen LogP contribution in [0.25, 0.3) is 21.9 Å². The van der Waals surface area contributed by atoms with Crippen LogP contribution in [0, 0.1) is 0 Å². The minimum Gasteiger partial charge on any atom is -0.481 e. The Kier molecular flexibility index (Phi) is 5.35. The van der Waals surface area contributed by atoms with Gasteiger partial charge in [0.05, 0.1) is 12.7 Å². The maximum absolute atomic E-state index is 12.7. The van der Waals surface area contributed by atoms with Crippen molar-refractivity contribution in [2.45, 2.75) is 0 Å². The number of ether oxygens (including phenoxy) is 2. The van der Waals surface area contributed by atoms with Crippen molar-refractivity contribution in [3.05, 3.63) is 84.6 Å². The number of esters is 1. The van der Waals surface area contributed by atoms with E-state index in [1.54, 1.807) is 31.5 Å². The predicted octanol–water partition coefficient (Wildman–Crippen LogP) is 5.20. The minimum atomic E-state index is -0.409.